The predicted octanol–water partition coefficient (Wildman–Crippen LogP) is 2.45. The van der Waals surface area contributed by atoms with Crippen LogP contribution in [-0.2, 0) is 19.8 Å². The first kappa shape index (κ1) is 22.6. The zero-order valence-electron chi connectivity index (χ0n) is 17.8. The van der Waals surface area contributed by atoms with E-state index < -0.39 is 36.3 Å². The summed E-state index contributed by atoms with van der Waals surface area (Å²) in [6, 6.07) is 29.5. The molecule has 6 heteroatoms. The van der Waals surface area contributed by atoms with E-state index >= 15 is 0 Å². The Balaban J connectivity index is 1.77. The molecule has 4 rings (SSSR count). The topological polar surface area (TPSA) is 88.4 Å². The highest BCUT2D eigenvalue weighted by Gasteiger charge is 2.46. The molecule has 1 saturated heterocycles. The predicted molar refractivity (Wildman–Crippen MR) is 119 cm³/mol. The van der Waals surface area contributed by atoms with Gasteiger partial charge < -0.3 is 29.5 Å². The second-order valence-corrected chi connectivity index (χ2v) is 7.84. The van der Waals surface area contributed by atoms with E-state index in [1.165, 1.54) is 7.11 Å². The fraction of sp³-hybridized carbons (Fsp3) is 0.308. The van der Waals surface area contributed by atoms with E-state index in [1.54, 1.807) is 0 Å². The zero-order valence-corrected chi connectivity index (χ0v) is 17.8. The van der Waals surface area contributed by atoms with Gasteiger partial charge in [-0.25, -0.2) is 0 Å². The molecule has 5 atom stereocenters. The molecule has 168 valence electrons. The van der Waals surface area contributed by atoms with Crippen LogP contribution in [0.5, 0.6) is 0 Å². The molecule has 1 aliphatic heterocycles. The van der Waals surface area contributed by atoms with E-state index in [-0.39, 0.29) is 6.61 Å². The van der Waals surface area contributed by atoms with Crippen molar-refractivity contribution in [3.63, 3.8) is 0 Å². The summed E-state index contributed by atoms with van der Waals surface area (Å²) in [5, 5.41) is 30.9. The lowest BCUT2D eigenvalue weighted by Gasteiger charge is -2.42. The van der Waals surface area contributed by atoms with E-state index in [4.69, 9.17) is 14.2 Å². The first-order valence-electron chi connectivity index (χ1n) is 10.6. The van der Waals surface area contributed by atoms with Crippen LogP contribution in [0.1, 0.15) is 16.7 Å². The summed E-state index contributed by atoms with van der Waals surface area (Å²) in [5.41, 5.74) is 1.74. The Morgan fingerprint density at radius 1 is 0.688 bits per heavy atom. The lowest BCUT2D eigenvalue weighted by Crippen LogP contribution is -2.59. The Hall–Kier alpha value is -2.58. The number of hydrogen-bond donors (Lipinski definition) is 3. The first-order valence-corrected chi connectivity index (χ1v) is 10.6. The average molecular weight is 437 g/mol. The third kappa shape index (κ3) is 4.21. The molecule has 0 bridgehead atoms. The highest BCUT2D eigenvalue weighted by Crippen LogP contribution is 2.41. The molecule has 0 aromatic heterocycles. The van der Waals surface area contributed by atoms with Crippen molar-refractivity contribution in [2.24, 2.45) is 0 Å². The molecule has 6 nitrogen and oxygen atoms in total. The summed E-state index contributed by atoms with van der Waals surface area (Å²) in [7, 11) is 1.37. The average Bonchev–Trinajstić information content (AvgIpc) is 2.86. The van der Waals surface area contributed by atoms with Crippen molar-refractivity contribution in [3.05, 3.63) is 108 Å². The fourth-order valence-electron chi connectivity index (χ4n) is 4.22. The largest absolute Gasteiger partial charge is 0.387 e. The first-order chi connectivity index (χ1) is 15.6. The highest BCUT2D eigenvalue weighted by atomic mass is 16.7. The highest BCUT2D eigenvalue weighted by molar-refractivity contribution is 5.47. The summed E-state index contributed by atoms with van der Waals surface area (Å²) in [6.07, 6.45) is -6.08. The van der Waals surface area contributed by atoms with Crippen molar-refractivity contribution in [2.75, 3.05) is 13.7 Å². The van der Waals surface area contributed by atoms with E-state index in [9.17, 15) is 15.3 Å². The summed E-state index contributed by atoms with van der Waals surface area (Å²) in [4.78, 5) is 0. The van der Waals surface area contributed by atoms with E-state index in [1.807, 2.05) is 91.0 Å². The normalized spacial score (nSPS) is 26.1. The maximum absolute atomic E-state index is 10.6. The van der Waals surface area contributed by atoms with Crippen molar-refractivity contribution in [3.8, 4) is 0 Å². The summed E-state index contributed by atoms with van der Waals surface area (Å²) in [5.74, 6) is 0. The third-order valence-corrected chi connectivity index (χ3v) is 5.91. The summed E-state index contributed by atoms with van der Waals surface area (Å²) in [6.45, 7) is -0.0521. The summed E-state index contributed by atoms with van der Waals surface area (Å²) < 4.78 is 17.5. The molecule has 0 radical (unpaired) electrons. The Morgan fingerprint density at radius 3 is 1.53 bits per heavy atom. The minimum absolute atomic E-state index is 0.0521. The van der Waals surface area contributed by atoms with Gasteiger partial charge in [-0.2, -0.15) is 0 Å². The van der Waals surface area contributed by atoms with Crippen LogP contribution < -0.4 is 0 Å². The standard InChI is InChI=1S/C26H28O6/c1-30-25-24(29)23(28)22(27)21(32-25)17-31-26(18-11-5-2-6-12-18,19-13-7-3-8-14-19)20-15-9-4-10-16-20/h2-16,21-25,27-29H,17H2,1H3/t21-,22-,23+,24-,25+/m0/s1. The van der Waals surface area contributed by atoms with E-state index in [0.717, 1.165) is 16.7 Å². The molecule has 0 spiro atoms. The van der Waals surface area contributed by atoms with E-state index in [0.29, 0.717) is 0 Å². The van der Waals surface area contributed by atoms with Crippen molar-refractivity contribution in [1.82, 2.24) is 0 Å². The summed E-state index contributed by atoms with van der Waals surface area (Å²) >= 11 is 0. The monoisotopic (exact) mass is 436 g/mol. The number of hydrogen-bond acceptors (Lipinski definition) is 6. The van der Waals surface area contributed by atoms with Gasteiger partial charge in [-0.1, -0.05) is 91.0 Å². The quantitative estimate of drug-likeness (QED) is 0.493. The van der Waals surface area contributed by atoms with Crippen LogP contribution in [0.2, 0.25) is 0 Å². The molecule has 1 aliphatic rings. The number of aliphatic hydroxyl groups is 3. The van der Waals surface area contributed by atoms with Gasteiger partial charge in [0.15, 0.2) is 6.29 Å². The second kappa shape index (κ2) is 9.92. The van der Waals surface area contributed by atoms with Gasteiger partial charge in [0.2, 0.25) is 0 Å². The van der Waals surface area contributed by atoms with Gasteiger partial charge in [0, 0.05) is 7.11 Å². The molecule has 3 aromatic carbocycles. The zero-order chi connectivity index (χ0) is 22.6. The maximum atomic E-state index is 10.6. The molecular formula is C26H28O6. The van der Waals surface area contributed by atoms with E-state index in [2.05, 4.69) is 0 Å². The van der Waals surface area contributed by atoms with Crippen LogP contribution >= 0.6 is 0 Å². The Labute approximate surface area is 187 Å². The van der Waals surface area contributed by atoms with Crippen molar-refractivity contribution >= 4 is 0 Å². The third-order valence-electron chi connectivity index (χ3n) is 5.91. The lowest BCUT2D eigenvalue weighted by atomic mass is 9.80. The second-order valence-electron chi connectivity index (χ2n) is 7.84. The molecule has 3 N–H and O–H groups in total. The Kier molecular flexibility index (Phi) is 7.01. The molecule has 3 aromatic rings. The lowest BCUT2D eigenvalue weighted by molar-refractivity contribution is -0.299. The van der Waals surface area contributed by atoms with Crippen LogP contribution in [0.25, 0.3) is 0 Å². The number of rotatable bonds is 7. The molecule has 0 aliphatic carbocycles. The van der Waals surface area contributed by atoms with Gasteiger partial charge >= 0.3 is 0 Å². The molecule has 0 amide bonds. The van der Waals surface area contributed by atoms with Crippen molar-refractivity contribution in [2.45, 2.75) is 36.3 Å². The molecule has 1 fully saturated rings. The van der Waals surface area contributed by atoms with Gasteiger partial charge in [-0.05, 0) is 16.7 Å². The van der Waals surface area contributed by atoms with Crippen molar-refractivity contribution in [1.29, 1.82) is 0 Å². The number of benzene rings is 3. The van der Waals surface area contributed by atoms with Gasteiger partial charge in [0.05, 0.1) is 6.61 Å². The van der Waals surface area contributed by atoms with Crippen LogP contribution in [0, 0.1) is 0 Å². The number of methoxy groups -OCH3 is 1. The molecule has 0 saturated carbocycles. The number of ether oxygens (including phenoxy) is 3. The Morgan fingerprint density at radius 2 is 1.12 bits per heavy atom. The van der Waals surface area contributed by atoms with Crippen molar-refractivity contribution < 1.29 is 29.5 Å². The maximum Gasteiger partial charge on any atom is 0.186 e. The van der Waals surface area contributed by atoms with Gasteiger partial charge in [0.25, 0.3) is 0 Å². The molecule has 0 unspecified atom stereocenters. The molecule has 1 heterocycles. The van der Waals surface area contributed by atoms with Crippen LogP contribution in [0.15, 0.2) is 91.0 Å². The minimum Gasteiger partial charge on any atom is -0.387 e. The fourth-order valence-corrected chi connectivity index (χ4v) is 4.22. The smallest absolute Gasteiger partial charge is 0.186 e. The Bertz CT molecular complexity index is 867. The number of aliphatic hydroxyl groups excluding tert-OH is 3. The van der Waals surface area contributed by atoms with Gasteiger partial charge in [-0.15, -0.1) is 0 Å². The van der Waals surface area contributed by atoms with Crippen LogP contribution in [0.4, 0.5) is 0 Å². The van der Waals surface area contributed by atoms with Crippen LogP contribution in [-0.4, -0.2) is 59.7 Å². The SMILES string of the molecule is CO[C@@H]1O[C@@H](COC(c2ccccc2)(c2ccccc2)c2ccccc2)[C@H](O)[C@@H](O)[C@@H]1O. The molecular weight excluding hydrogens is 408 g/mol. The van der Waals surface area contributed by atoms with Gasteiger partial charge in [-0.3, -0.25) is 0 Å². The van der Waals surface area contributed by atoms with Gasteiger partial charge in [0.1, 0.15) is 30.0 Å². The minimum atomic E-state index is -1.41. The molecule has 32 heavy (non-hydrogen) atoms. The van der Waals surface area contributed by atoms with Crippen LogP contribution in [0.3, 0.4) is 0 Å².